The van der Waals surface area contributed by atoms with Crippen molar-refractivity contribution in [2.45, 2.75) is 13.1 Å². The number of hydrogen-bond donors (Lipinski definition) is 1. The molecule has 3 nitrogen and oxygen atoms in total. The third-order valence-corrected chi connectivity index (χ3v) is 2.38. The summed E-state index contributed by atoms with van der Waals surface area (Å²) in [6.45, 7) is 1.71. The molecule has 0 radical (unpaired) electrons. The predicted octanol–water partition coefficient (Wildman–Crippen LogP) is 4.18. The van der Waals surface area contributed by atoms with Crippen molar-refractivity contribution in [1.82, 2.24) is 10.2 Å². The van der Waals surface area contributed by atoms with Gasteiger partial charge in [0, 0.05) is 16.8 Å². The van der Waals surface area contributed by atoms with Crippen LogP contribution in [0, 0.1) is 6.92 Å². The van der Waals surface area contributed by atoms with Gasteiger partial charge in [0.1, 0.15) is 5.75 Å². The molecule has 0 saturated carbocycles. The van der Waals surface area contributed by atoms with E-state index in [1.54, 1.807) is 6.92 Å². The minimum Gasteiger partial charge on any atom is -0.437 e. The Balaban J connectivity index is 2.38. The molecule has 0 aliphatic rings. The molecule has 0 bridgehead atoms. The van der Waals surface area contributed by atoms with Crippen LogP contribution >= 0.6 is 11.6 Å². The van der Waals surface area contributed by atoms with Gasteiger partial charge in [-0.05, 0) is 25.1 Å². The lowest BCUT2D eigenvalue weighted by Crippen LogP contribution is -2.07. The van der Waals surface area contributed by atoms with E-state index >= 15 is 0 Å². The molecule has 18 heavy (non-hydrogen) atoms. The van der Waals surface area contributed by atoms with Gasteiger partial charge in [-0.15, -0.1) is 5.10 Å². The van der Waals surface area contributed by atoms with E-state index in [-0.39, 0.29) is 16.7 Å². The summed E-state index contributed by atoms with van der Waals surface area (Å²) in [5.74, 6) is -0.265. The Labute approximate surface area is 106 Å². The Bertz CT molecular complexity index is 566. The van der Waals surface area contributed by atoms with Gasteiger partial charge in [0.2, 0.25) is 5.88 Å². The molecule has 7 heteroatoms. The maximum Gasteiger partial charge on any atom is 0.420 e. The Morgan fingerprint density at radius 1 is 1.28 bits per heavy atom. The first-order valence-corrected chi connectivity index (χ1v) is 5.30. The molecule has 0 unspecified atom stereocenters. The lowest BCUT2D eigenvalue weighted by atomic mass is 10.2. The zero-order valence-corrected chi connectivity index (χ0v) is 9.93. The van der Waals surface area contributed by atoms with Gasteiger partial charge in [-0.2, -0.15) is 13.2 Å². The molecule has 0 atom stereocenters. The second kappa shape index (κ2) is 4.53. The fourth-order valence-electron chi connectivity index (χ4n) is 1.37. The number of H-pyrrole nitrogens is 1. The Morgan fingerprint density at radius 3 is 2.56 bits per heavy atom. The summed E-state index contributed by atoms with van der Waals surface area (Å²) in [7, 11) is 0. The highest BCUT2D eigenvalue weighted by atomic mass is 35.5. The second-order valence-electron chi connectivity index (χ2n) is 3.63. The zero-order chi connectivity index (χ0) is 13.3. The smallest absolute Gasteiger partial charge is 0.420 e. The maximum atomic E-state index is 12.8. The van der Waals surface area contributed by atoms with Crippen LogP contribution in [0.5, 0.6) is 11.6 Å². The first-order chi connectivity index (χ1) is 8.36. The molecule has 0 fully saturated rings. The Morgan fingerprint density at radius 2 is 2.00 bits per heavy atom. The van der Waals surface area contributed by atoms with Crippen LogP contribution in [0.2, 0.25) is 5.02 Å². The van der Waals surface area contributed by atoms with Crippen molar-refractivity contribution in [3.05, 3.63) is 40.5 Å². The number of alkyl halides is 3. The molecular formula is C11H8ClF3N2O. The molecule has 0 aliphatic carbocycles. The van der Waals surface area contributed by atoms with Gasteiger partial charge < -0.3 is 4.74 Å². The van der Waals surface area contributed by atoms with Crippen LogP contribution in [0.1, 0.15) is 11.3 Å². The molecule has 1 aromatic heterocycles. The average Bonchev–Trinajstić information content (AvgIpc) is 2.65. The fraction of sp³-hybridized carbons (Fsp3) is 0.182. The molecule has 1 N–H and O–H groups in total. The summed E-state index contributed by atoms with van der Waals surface area (Å²) in [5, 5.41) is 6.28. The molecule has 0 amide bonds. The largest absolute Gasteiger partial charge is 0.437 e. The van der Waals surface area contributed by atoms with Gasteiger partial charge in [0.25, 0.3) is 0 Å². The molecule has 0 aliphatic heterocycles. The summed E-state index contributed by atoms with van der Waals surface area (Å²) in [6.07, 6.45) is -4.54. The van der Waals surface area contributed by atoms with E-state index in [9.17, 15) is 13.2 Å². The predicted molar refractivity (Wildman–Crippen MR) is 59.9 cm³/mol. The van der Waals surface area contributed by atoms with Crippen molar-refractivity contribution in [2.75, 3.05) is 0 Å². The standard InChI is InChI=1S/C11H8ClF3N2O/c1-6-4-10(17-16-6)18-9-3-2-7(12)5-8(9)11(13,14)15/h2-5H,1H3,(H,16,17). The van der Waals surface area contributed by atoms with Crippen molar-refractivity contribution in [1.29, 1.82) is 0 Å². The second-order valence-corrected chi connectivity index (χ2v) is 4.07. The highest BCUT2D eigenvalue weighted by Gasteiger charge is 2.35. The third kappa shape index (κ3) is 2.76. The van der Waals surface area contributed by atoms with Crippen LogP contribution in [-0.4, -0.2) is 10.2 Å². The lowest BCUT2D eigenvalue weighted by molar-refractivity contribution is -0.138. The van der Waals surface area contributed by atoms with Gasteiger partial charge in [-0.1, -0.05) is 11.6 Å². The zero-order valence-electron chi connectivity index (χ0n) is 9.18. The van der Waals surface area contributed by atoms with Crippen LogP contribution in [-0.2, 0) is 6.18 Å². The average molecular weight is 277 g/mol. The topological polar surface area (TPSA) is 37.9 Å². The highest BCUT2D eigenvalue weighted by molar-refractivity contribution is 6.30. The van der Waals surface area contributed by atoms with Crippen LogP contribution in [0.15, 0.2) is 24.3 Å². The van der Waals surface area contributed by atoms with Crippen LogP contribution in [0.3, 0.4) is 0 Å². The quantitative estimate of drug-likeness (QED) is 0.893. The maximum absolute atomic E-state index is 12.8. The molecule has 1 heterocycles. The molecule has 0 spiro atoms. The van der Waals surface area contributed by atoms with E-state index in [1.165, 1.54) is 12.1 Å². The van der Waals surface area contributed by atoms with E-state index in [0.29, 0.717) is 5.69 Å². The number of halogens is 4. The molecular weight excluding hydrogens is 269 g/mol. The minimum absolute atomic E-state index is 0.00659. The van der Waals surface area contributed by atoms with Crippen molar-refractivity contribution in [3.63, 3.8) is 0 Å². The van der Waals surface area contributed by atoms with Gasteiger partial charge in [0.15, 0.2) is 0 Å². The van der Waals surface area contributed by atoms with E-state index in [1.807, 2.05) is 0 Å². The summed E-state index contributed by atoms with van der Waals surface area (Å²) < 4.78 is 43.4. The van der Waals surface area contributed by atoms with Gasteiger partial charge in [0.05, 0.1) is 5.56 Å². The molecule has 1 aromatic carbocycles. The molecule has 96 valence electrons. The van der Waals surface area contributed by atoms with Gasteiger partial charge in [-0.3, -0.25) is 5.10 Å². The highest BCUT2D eigenvalue weighted by Crippen LogP contribution is 2.39. The number of aromatic amines is 1. The van der Waals surface area contributed by atoms with E-state index in [2.05, 4.69) is 10.2 Å². The van der Waals surface area contributed by atoms with Crippen LogP contribution in [0.25, 0.3) is 0 Å². The number of aryl methyl sites for hydroxylation is 1. The van der Waals surface area contributed by atoms with Crippen molar-refractivity contribution in [2.24, 2.45) is 0 Å². The van der Waals surface area contributed by atoms with Gasteiger partial charge >= 0.3 is 6.18 Å². The van der Waals surface area contributed by atoms with Crippen molar-refractivity contribution < 1.29 is 17.9 Å². The Hall–Kier alpha value is -1.69. The fourth-order valence-corrected chi connectivity index (χ4v) is 1.54. The van der Waals surface area contributed by atoms with Crippen molar-refractivity contribution >= 4 is 11.6 Å². The number of hydrogen-bond acceptors (Lipinski definition) is 2. The van der Waals surface area contributed by atoms with E-state index in [4.69, 9.17) is 16.3 Å². The van der Waals surface area contributed by atoms with Crippen molar-refractivity contribution in [3.8, 4) is 11.6 Å². The number of nitrogens with zero attached hydrogens (tertiary/aromatic N) is 1. The summed E-state index contributed by atoms with van der Waals surface area (Å²) in [4.78, 5) is 0. The van der Waals surface area contributed by atoms with E-state index in [0.717, 1.165) is 12.1 Å². The third-order valence-electron chi connectivity index (χ3n) is 2.14. The molecule has 2 aromatic rings. The number of aromatic nitrogens is 2. The summed E-state index contributed by atoms with van der Waals surface area (Å²) in [6, 6.07) is 4.80. The first-order valence-electron chi connectivity index (χ1n) is 4.93. The number of nitrogens with one attached hydrogen (secondary N) is 1. The molecule has 2 rings (SSSR count). The Kier molecular flexibility index (Phi) is 3.21. The summed E-state index contributed by atoms with van der Waals surface area (Å²) >= 11 is 5.55. The monoisotopic (exact) mass is 276 g/mol. The first kappa shape index (κ1) is 12.8. The lowest BCUT2D eigenvalue weighted by Gasteiger charge is -2.12. The number of rotatable bonds is 2. The van der Waals surface area contributed by atoms with Gasteiger partial charge in [-0.25, -0.2) is 0 Å². The van der Waals surface area contributed by atoms with Crippen LogP contribution < -0.4 is 4.74 Å². The number of benzene rings is 1. The minimum atomic E-state index is -4.54. The molecule has 0 saturated heterocycles. The SMILES string of the molecule is Cc1cc(Oc2ccc(Cl)cc2C(F)(F)F)n[nH]1. The van der Waals surface area contributed by atoms with E-state index < -0.39 is 11.7 Å². The number of ether oxygens (including phenoxy) is 1. The normalized spacial score (nSPS) is 11.6. The van der Waals surface area contributed by atoms with Crippen LogP contribution in [0.4, 0.5) is 13.2 Å². The summed E-state index contributed by atoms with van der Waals surface area (Å²) in [5.41, 5.74) is -0.247.